The van der Waals surface area contributed by atoms with Crippen molar-refractivity contribution in [2.75, 3.05) is 6.61 Å². The van der Waals surface area contributed by atoms with Gasteiger partial charge in [0.25, 0.3) is 0 Å². The van der Waals surface area contributed by atoms with E-state index in [1.165, 1.54) is 44.9 Å². The van der Waals surface area contributed by atoms with Crippen molar-refractivity contribution in [1.82, 2.24) is 0 Å². The zero-order valence-corrected chi connectivity index (χ0v) is 8.09. The van der Waals surface area contributed by atoms with Gasteiger partial charge in [-0.2, -0.15) is 0 Å². The van der Waals surface area contributed by atoms with Crippen LogP contribution in [0.15, 0.2) is 0 Å². The van der Waals surface area contributed by atoms with E-state index in [1.54, 1.807) is 0 Å². The van der Waals surface area contributed by atoms with Gasteiger partial charge in [0.2, 0.25) is 0 Å². The second kappa shape index (κ2) is 2.48. The number of epoxide rings is 1. The molecular formula is C11H18O2. The molecule has 0 aromatic heterocycles. The third-order valence-electron chi connectivity index (χ3n) is 4.59. The maximum Gasteiger partial charge on any atom is 0.103 e. The van der Waals surface area contributed by atoms with Crippen LogP contribution in [-0.4, -0.2) is 23.4 Å². The van der Waals surface area contributed by atoms with Gasteiger partial charge in [-0.25, -0.2) is 0 Å². The van der Waals surface area contributed by atoms with Crippen LogP contribution in [0, 0.1) is 5.41 Å². The summed E-state index contributed by atoms with van der Waals surface area (Å²) in [5.41, 5.74) is 0.298. The summed E-state index contributed by atoms with van der Waals surface area (Å²) in [4.78, 5) is 0. The maximum atomic E-state index is 9.59. The summed E-state index contributed by atoms with van der Waals surface area (Å²) in [6.07, 6.45) is 9.19. The first-order chi connectivity index (χ1) is 6.33. The monoisotopic (exact) mass is 182 g/mol. The molecule has 0 bridgehead atoms. The number of aliphatic hydroxyl groups excluding tert-OH is 1. The zero-order valence-electron chi connectivity index (χ0n) is 8.09. The molecule has 3 rings (SSSR count). The predicted octanol–water partition coefficient (Wildman–Crippen LogP) is 1.86. The van der Waals surface area contributed by atoms with Gasteiger partial charge in [0, 0.05) is 5.41 Å². The van der Waals surface area contributed by atoms with Crippen molar-refractivity contribution in [3.8, 4) is 0 Å². The molecular weight excluding hydrogens is 164 g/mol. The van der Waals surface area contributed by atoms with E-state index in [2.05, 4.69) is 0 Å². The normalized spacial score (nSPS) is 53.8. The van der Waals surface area contributed by atoms with Crippen LogP contribution in [0.1, 0.15) is 44.9 Å². The van der Waals surface area contributed by atoms with Gasteiger partial charge in [0.15, 0.2) is 0 Å². The van der Waals surface area contributed by atoms with Crippen LogP contribution in [-0.2, 0) is 4.74 Å². The van der Waals surface area contributed by atoms with Crippen molar-refractivity contribution in [3.63, 3.8) is 0 Å². The summed E-state index contributed by atoms with van der Waals surface area (Å²) in [6, 6.07) is 0. The Hall–Kier alpha value is -0.0800. The van der Waals surface area contributed by atoms with Crippen molar-refractivity contribution in [3.05, 3.63) is 0 Å². The molecule has 3 atom stereocenters. The summed E-state index contributed by atoms with van der Waals surface area (Å²) in [7, 11) is 0. The molecule has 1 aliphatic heterocycles. The number of ether oxygens (including phenoxy) is 1. The van der Waals surface area contributed by atoms with Crippen molar-refractivity contribution in [1.29, 1.82) is 0 Å². The Morgan fingerprint density at radius 1 is 1.15 bits per heavy atom. The zero-order chi connectivity index (χ0) is 8.94. The maximum absolute atomic E-state index is 9.59. The van der Waals surface area contributed by atoms with Crippen LogP contribution in [0.25, 0.3) is 0 Å². The molecule has 13 heavy (non-hydrogen) atoms. The fourth-order valence-corrected chi connectivity index (χ4v) is 3.78. The van der Waals surface area contributed by atoms with Crippen molar-refractivity contribution in [2.24, 2.45) is 5.41 Å². The van der Waals surface area contributed by atoms with Gasteiger partial charge in [-0.3, -0.25) is 0 Å². The summed E-state index contributed by atoms with van der Waals surface area (Å²) in [6.45, 7) is 0.351. The Morgan fingerprint density at radius 2 is 1.92 bits per heavy atom. The summed E-state index contributed by atoms with van der Waals surface area (Å²) < 4.78 is 5.90. The lowest BCUT2D eigenvalue weighted by atomic mass is 9.59. The third-order valence-corrected chi connectivity index (χ3v) is 4.59. The molecule has 0 aromatic rings. The average Bonchev–Trinajstić information content (AvgIpc) is 2.89. The van der Waals surface area contributed by atoms with E-state index in [0.29, 0.717) is 12.7 Å². The van der Waals surface area contributed by atoms with Crippen molar-refractivity contribution < 1.29 is 9.84 Å². The minimum atomic E-state index is 0.137. The third kappa shape index (κ3) is 0.861. The standard InChI is InChI=1S/C11H18O2/c12-8-10-5-1-2-7-11(10)9(13-11)4-3-6-10/h9,12H,1-8H2. The SMILES string of the molecule is OCC12CCCCC13OC3CCC2. The highest BCUT2D eigenvalue weighted by Gasteiger charge is 2.69. The molecule has 0 aromatic carbocycles. The second-order valence-electron chi connectivity index (χ2n) is 5.03. The molecule has 2 saturated carbocycles. The summed E-state index contributed by atoms with van der Waals surface area (Å²) in [5, 5.41) is 9.59. The molecule has 0 amide bonds. The van der Waals surface area contributed by atoms with Gasteiger partial charge in [-0.05, 0) is 25.7 Å². The summed E-state index contributed by atoms with van der Waals surface area (Å²) in [5.74, 6) is 0. The summed E-state index contributed by atoms with van der Waals surface area (Å²) >= 11 is 0. The minimum absolute atomic E-state index is 0.137. The molecule has 3 unspecified atom stereocenters. The molecule has 2 aliphatic carbocycles. The molecule has 3 aliphatic rings. The Kier molecular flexibility index (Phi) is 1.58. The number of hydrogen-bond acceptors (Lipinski definition) is 2. The van der Waals surface area contributed by atoms with Crippen molar-refractivity contribution >= 4 is 0 Å². The van der Waals surface area contributed by atoms with Crippen LogP contribution in [0.2, 0.25) is 0 Å². The van der Waals surface area contributed by atoms with Gasteiger partial charge in [-0.1, -0.05) is 19.3 Å². The lowest BCUT2D eigenvalue weighted by Crippen LogP contribution is -2.47. The van der Waals surface area contributed by atoms with E-state index in [0.717, 1.165) is 0 Å². The highest BCUT2D eigenvalue weighted by atomic mass is 16.6. The van der Waals surface area contributed by atoms with Crippen LogP contribution in [0.3, 0.4) is 0 Å². The second-order valence-corrected chi connectivity index (χ2v) is 5.03. The molecule has 2 nitrogen and oxygen atoms in total. The van der Waals surface area contributed by atoms with E-state index < -0.39 is 0 Å². The topological polar surface area (TPSA) is 32.8 Å². The van der Waals surface area contributed by atoms with E-state index in [4.69, 9.17) is 4.74 Å². The molecule has 1 spiro atoms. The van der Waals surface area contributed by atoms with E-state index in [-0.39, 0.29) is 11.0 Å². The van der Waals surface area contributed by atoms with Crippen LogP contribution < -0.4 is 0 Å². The van der Waals surface area contributed by atoms with Crippen LogP contribution in [0.4, 0.5) is 0 Å². The quantitative estimate of drug-likeness (QED) is 0.628. The average molecular weight is 182 g/mol. The number of hydrogen-bond donors (Lipinski definition) is 1. The highest BCUT2D eigenvalue weighted by Crippen LogP contribution is 2.64. The van der Waals surface area contributed by atoms with Gasteiger partial charge >= 0.3 is 0 Å². The van der Waals surface area contributed by atoms with Crippen LogP contribution in [0.5, 0.6) is 0 Å². The fourth-order valence-electron chi connectivity index (χ4n) is 3.78. The smallest absolute Gasteiger partial charge is 0.103 e. The van der Waals surface area contributed by atoms with Crippen LogP contribution >= 0.6 is 0 Å². The lowest BCUT2D eigenvalue weighted by Gasteiger charge is -2.44. The Labute approximate surface area is 79.3 Å². The first kappa shape index (κ1) is 8.25. The van der Waals surface area contributed by atoms with E-state index in [9.17, 15) is 5.11 Å². The first-order valence-corrected chi connectivity index (χ1v) is 5.62. The predicted molar refractivity (Wildman–Crippen MR) is 49.4 cm³/mol. The number of aliphatic hydroxyl groups is 1. The van der Waals surface area contributed by atoms with Gasteiger partial charge in [-0.15, -0.1) is 0 Å². The van der Waals surface area contributed by atoms with E-state index in [1.807, 2.05) is 0 Å². The largest absolute Gasteiger partial charge is 0.396 e. The molecule has 1 heterocycles. The van der Waals surface area contributed by atoms with Crippen molar-refractivity contribution in [2.45, 2.75) is 56.7 Å². The fraction of sp³-hybridized carbons (Fsp3) is 1.00. The van der Waals surface area contributed by atoms with E-state index >= 15 is 0 Å². The van der Waals surface area contributed by atoms with Gasteiger partial charge in [0.1, 0.15) is 5.60 Å². The molecule has 3 fully saturated rings. The molecule has 0 radical (unpaired) electrons. The van der Waals surface area contributed by atoms with Gasteiger partial charge < -0.3 is 9.84 Å². The molecule has 1 N–H and O–H groups in total. The Bertz CT molecular complexity index is 224. The molecule has 2 heteroatoms. The lowest BCUT2D eigenvalue weighted by molar-refractivity contribution is -0.0138. The number of rotatable bonds is 1. The van der Waals surface area contributed by atoms with Gasteiger partial charge in [0.05, 0.1) is 12.7 Å². The highest BCUT2D eigenvalue weighted by molar-refractivity contribution is 5.18. The molecule has 1 saturated heterocycles. The molecule has 74 valence electrons. The Morgan fingerprint density at radius 3 is 2.69 bits per heavy atom. The Balaban J connectivity index is 1.94. The first-order valence-electron chi connectivity index (χ1n) is 5.62. The minimum Gasteiger partial charge on any atom is -0.396 e.